The van der Waals surface area contributed by atoms with Gasteiger partial charge in [0, 0.05) is 30.1 Å². The molecule has 1 radical (unpaired) electrons. The van der Waals surface area contributed by atoms with Gasteiger partial charge >= 0.3 is 0 Å². The minimum atomic E-state index is -0.0561. The molecule has 1 heterocycles. The Morgan fingerprint density at radius 3 is 3.04 bits per heavy atom. The van der Waals surface area contributed by atoms with Gasteiger partial charge in [0.15, 0.2) is 0 Å². The van der Waals surface area contributed by atoms with Gasteiger partial charge in [-0.3, -0.25) is 9.78 Å². The number of anilines is 1. The van der Waals surface area contributed by atoms with Crippen LogP contribution in [0.1, 0.15) is 19.8 Å². The summed E-state index contributed by atoms with van der Waals surface area (Å²) < 4.78 is 5.31. The van der Waals surface area contributed by atoms with Crippen LogP contribution >= 0.6 is 0 Å². The van der Waals surface area contributed by atoms with Gasteiger partial charge in [-0.05, 0) is 35.6 Å². The Kier molecular flexibility index (Phi) is 8.36. The van der Waals surface area contributed by atoms with Crippen molar-refractivity contribution in [1.82, 2.24) is 4.98 Å². The average molecular weight is 347 g/mol. The maximum Gasteiger partial charge on any atom is 0.292 e. The van der Waals surface area contributed by atoms with Crippen LogP contribution in [0.4, 0.5) is 5.69 Å². The van der Waals surface area contributed by atoms with E-state index >= 15 is 0 Å². The molecule has 2 rings (SSSR count). The molecule has 0 atom stereocenters. The summed E-state index contributed by atoms with van der Waals surface area (Å²) >= 11 is 0. The minimum Gasteiger partial charge on any atom is -0.437 e. The monoisotopic (exact) mass is 347 g/mol. The van der Waals surface area contributed by atoms with Gasteiger partial charge < -0.3 is 9.97 Å². The van der Waals surface area contributed by atoms with Crippen LogP contribution in [0.15, 0.2) is 73.1 Å². The molecule has 1 N–H and O–H groups in total. The molecule has 1 aromatic heterocycles. The first-order chi connectivity index (χ1) is 12.7. The fourth-order valence-corrected chi connectivity index (χ4v) is 2.43. The molecule has 2 aromatic rings. The Balaban J connectivity index is 1.97. The maximum absolute atomic E-state index is 12.4. The number of fused-ring (bicyclic) bond motifs is 1. The molecule has 0 aliphatic heterocycles. The number of rotatable bonds is 10. The molecule has 0 saturated carbocycles. The van der Waals surface area contributed by atoms with E-state index < -0.39 is 0 Å². The first-order valence-corrected chi connectivity index (χ1v) is 8.76. The molecular formula is C21H24BN2O2. The van der Waals surface area contributed by atoms with Gasteiger partial charge in [0.25, 0.3) is 7.48 Å². The molecule has 0 aliphatic carbocycles. The molecule has 133 valence electrons. The number of pyridine rings is 1. The van der Waals surface area contributed by atoms with E-state index in [1.165, 1.54) is 0 Å². The van der Waals surface area contributed by atoms with E-state index in [0.717, 1.165) is 34.8 Å². The van der Waals surface area contributed by atoms with Gasteiger partial charge in [-0.2, -0.15) is 0 Å². The third-order valence-electron chi connectivity index (χ3n) is 3.64. The molecule has 5 heteroatoms. The summed E-state index contributed by atoms with van der Waals surface area (Å²) in [5.74, 6) is -0.0561. The van der Waals surface area contributed by atoms with Crippen molar-refractivity contribution >= 4 is 29.8 Å². The maximum atomic E-state index is 12.4. The number of carbonyl (C=O) groups is 1. The van der Waals surface area contributed by atoms with Gasteiger partial charge in [-0.25, -0.2) is 0 Å². The van der Waals surface area contributed by atoms with E-state index in [9.17, 15) is 4.79 Å². The van der Waals surface area contributed by atoms with Crippen molar-refractivity contribution < 1.29 is 9.45 Å². The summed E-state index contributed by atoms with van der Waals surface area (Å²) in [5, 5.41) is 5.05. The number of hydrogen-bond acceptors (Lipinski definition) is 3. The van der Waals surface area contributed by atoms with Crippen molar-refractivity contribution in [3.05, 3.63) is 73.1 Å². The fourth-order valence-electron chi connectivity index (χ4n) is 2.43. The van der Waals surface area contributed by atoms with Gasteiger partial charge in [-0.15, -0.1) is 6.58 Å². The molecule has 0 aliphatic rings. The zero-order chi connectivity index (χ0) is 18.6. The van der Waals surface area contributed by atoms with Gasteiger partial charge in [-0.1, -0.05) is 43.6 Å². The highest BCUT2D eigenvalue weighted by Gasteiger charge is 2.05. The van der Waals surface area contributed by atoms with E-state index in [0.29, 0.717) is 13.0 Å². The molecule has 1 aromatic carbocycles. The summed E-state index contributed by atoms with van der Waals surface area (Å²) in [4.78, 5) is 16.5. The molecule has 0 spiro atoms. The second-order valence-corrected chi connectivity index (χ2v) is 5.78. The van der Waals surface area contributed by atoms with E-state index in [1.54, 1.807) is 19.9 Å². The number of allylic oxidation sites excluding steroid dienone is 3. The number of nitrogens with one attached hydrogen (secondary N) is 1. The molecule has 0 saturated heterocycles. The largest absolute Gasteiger partial charge is 0.437 e. The van der Waals surface area contributed by atoms with Gasteiger partial charge in [0.1, 0.15) is 0 Å². The number of carbonyl (C=O) groups excluding carboxylic acids is 1. The van der Waals surface area contributed by atoms with Crippen LogP contribution in [0, 0.1) is 0 Å². The molecule has 1 amide bonds. The van der Waals surface area contributed by atoms with Crippen molar-refractivity contribution in [2.24, 2.45) is 0 Å². The second-order valence-electron chi connectivity index (χ2n) is 5.78. The Labute approximate surface area is 155 Å². The molecule has 0 unspecified atom stereocenters. The SMILES string of the molecule is C=CC/C=C(\C=C/CO[B]CC)CC(=O)Nc1ccc2cnccc2c1. The van der Waals surface area contributed by atoms with Gasteiger partial charge in [0.2, 0.25) is 5.91 Å². The third-order valence-corrected chi connectivity index (χ3v) is 3.64. The van der Waals surface area contributed by atoms with Crippen molar-refractivity contribution in [3.63, 3.8) is 0 Å². The smallest absolute Gasteiger partial charge is 0.292 e. The van der Waals surface area contributed by atoms with E-state index in [-0.39, 0.29) is 5.91 Å². The van der Waals surface area contributed by atoms with Crippen LogP contribution in [0.3, 0.4) is 0 Å². The standard InChI is InChI=1S/C21H24BN2O2/c1-3-5-7-17(8-6-13-26-22-4-2)14-21(25)24-20-10-9-19-16-23-12-11-18(19)15-20/h3,6-12,15-16H,1,4-5,13-14H2,2H3,(H,24,25)/b8-6-,17-7+. The summed E-state index contributed by atoms with van der Waals surface area (Å²) in [7, 11) is 1.76. The Hall–Kier alpha value is -2.66. The van der Waals surface area contributed by atoms with Crippen LogP contribution in [0.2, 0.25) is 6.32 Å². The first kappa shape index (κ1) is 19.7. The summed E-state index contributed by atoms with van der Waals surface area (Å²) in [5.41, 5.74) is 1.72. The number of aromatic nitrogens is 1. The zero-order valence-corrected chi connectivity index (χ0v) is 15.2. The fraction of sp³-hybridized carbons (Fsp3) is 0.238. The third kappa shape index (κ3) is 6.69. The van der Waals surface area contributed by atoms with E-state index in [1.807, 2.05) is 55.5 Å². The number of hydrogen-bond donors (Lipinski definition) is 1. The van der Waals surface area contributed by atoms with Gasteiger partial charge in [0.05, 0.1) is 6.42 Å². The van der Waals surface area contributed by atoms with E-state index in [2.05, 4.69) is 16.9 Å². The summed E-state index contributed by atoms with van der Waals surface area (Å²) in [6.45, 7) is 6.25. The highest BCUT2D eigenvalue weighted by Crippen LogP contribution is 2.18. The lowest BCUT2D eigenvalue weighted by Crippen LogP contribution is -2.11. The van der Waals surface area contributed by atoms with Crippen molar-refractivity contribution in [2.45, 2.75) is 26.1 Å². The van der Waals surface area contributed by atoms with Crippen LogP contribution in [0.25, 0.3) is 10.8 Å². The van der Waals surface area contributed by atoms with Crippen LogP contribution in [-0.4, -0.2) is 25.0 Å². The predicted molar refractivity (Wildman–Crippen MR) is 109 cm³/mol. The number of nitrogens with zero attached hydrogens (tertiary/aromatic N) is 1. The van der Waals surface area contributed by atoms with Crippen LogP contribution < -0.4 is 5.32 Å². The van der Waals surface area contributed by atoms with Crippen LogP contribution in [0.5, 0.6) is 0 Å². The predicted octanol–water partition coefficient (Wildman–Crippen LogP) is 4.70. The lowest BCUT2D eigenvalue weighted by molar-refractivity contribution is -0.115. The average Bonchev–Trinajstić information content (AvgIpc) is 2.65. The minimum absolute atomic E-state index is 0.0561. The topological polar surface area (TPSA) is 51.2 Å². The zero-order valence-electron chi connectivity index (χ0n) is 15.2. The Morgan fingerprint density at radius 1 is 1.35 bits per heavy atom. The highest BCUT2D eigenvalue weighted by atomic mass is 16.4. The summed E-state index contributed by atoms with van der Waals surface area (Å²) in [6, 6.07) is 7.72. The number of benzene rings is 1. The van der Waals surface area contributed by atoms with E-state index in [4.69, 9.17) is 4.65 Å². The first-order valence-electron chi connectivity index (χ1n) is 8.76. The Morgan fingerprint density at radius 2 is 2.23 bits per heavy atom. The lowest BCUT2D eigenvalue weighted by atomic mass is 9.98. The second kappa shape index (κ2) is 11.1. The number of amides is 1. The van der Waals surface area contributed by atoms with Crippen molar-refractivity contribution in [1.29, 1.82) is 0 Å². The van der Waals surface area contributed by atoms with Crippen LogP contribution in [-0.2, 0) is 9.45 Å². The normalized spacial score (nSPS) is 11.7. The summed E-state index contributed by atoms with van der Waals surface area (Å²) in [6.07, 6.45) is 13.1. The van der Waals surface area contributed by atoms with Crippen molar-refractivity contribution in [2.75, 3.05) is 11.9 Å². The molecular weight excluding hydrogens is 323 g/mol. The highest BCUT2D eigenvalue weighted by molar-refractivity contribution is 6.26. The molecule has 0 fully saturated rings. The molecule has 4 nitrogen and oxygen atoms in total. The quantitative estimate of drug-likeness (QED) is 0.293. The molecule has 0 bridgehead atoms. The Bertz CT molecular complexity index is 799. The molecule has 26 heavy (non-hydrogen) atoms. The lowest BCUT2D eigenvalue weighted by Gasteiger charge is -2.07. The van der Waals surface area contributed by atoms with Crippen molar-refractivity contribution in [3.8, 4) is 0 Å².